The monoisotopic (exact) mass is 288 g/mol. The predicted octanol–water partition coefficient (Wildman–Crippen LogP) is 3.60. The van der Waals surface area contributed by atoms with Crippen LogP contribution in [0.1, 0.15) is 49.0 Å². The predicted molar refractivity (Wildman–Crippen MR) is 72.3 cm³/mol. The van der Waals surface area contributed by atoms with E-state index < -0.39 is 17.6 Å². The number of carbonyl (C=O) groups excluding carboxylic acids is 1. The van der Waals surface area contributed by atoms with E-state index in [0.717, 1.165) is 37.5 Å². The molecule has 0 saturated carbocycles. The van der Waals surface area contributed by atoms with Crippen LogP contribution in [0.25, 0.3) is 0 Å². The Bertz CT molecular complexity index is 472. The maximum atomic E-state index is 12.6. The molecule has 1 aromatic carbocycles. The molecule has 6 heteroatoms. The molecule has 0 aromatic heterocycles. The number of nitrogen functional groups attached to an aromatic ring is 1. The lowest BCUT2D eigenvalue weighted by Crippen LogP contribution is -2.34. The van der Waals surface area contributed by atoms with E-state index in [9.17, 15) is 18.0 Å². The minimum Gasteiger partial charge on any atom is -0.398 e. The standard InChI is InChI=1S/C14H19F3N2O/c1-3-5-10(4-2)19-13(20)11-8-9(14(15,16)17)6-7-12(11)18/h6-8,10H,3-5,18H2,1-2H3,(H,19,20). The summed E-state index contributed by atoms with van der Waals surface area (Å²) in [5.41, 5.74) is 4.64. The zero-order valence-electron chi connectivity index (χ0n) is 11.6. The molecule has 3 N–H and O–H groups in total. The van der Waals surface area contributed by atoms with Crippen LogP contribution in [0.2, 0.25) is 0 Å². The maximum absolute atomic E-state index is 12.6. The summed E-state index contributed by atoms with van der Waals surface area (Å²) >= 11 is 0. The average molecular weight is 288 g/mol. The summed E-state index contributed by atoms with van der Waals surface area (Å²) in [5, 5.41) is 2.72. The highest BCUT2D eigenvalue weighted by atomic mass is 19.4. The number of benzene rings is 1. The summed E-state index contributed by atoms with van der Waals surface area (Å²) in [6.07, 6.45) is -2.10. The Labute approximate surface area is 116 Å². The third kappa shape index (κ3) is 4.15. The van der Waals surface area contributed by atoms with Crippen molar-refractivity contribution in [3.63, 3.8) is 0 Å². The van der Waals surface area contributed by atoms with Crippen LogP contribution in [-0.4, -0.2) is 11.9 Å². The molecule has 0 heterocycles. The van der Waals surface area contributed by atoms with Gasteiger partial charge >= 0.3 is 6.18 Å². The van der Waals surface area contributed by atoms with Crippen molar-refractivity contribution in [2.75, 3.05) is 5.73 Å². The normalized spacial score (nSPS) is 13.1. The van der Waals surface area contributed by atoms with Gasteiger partial charge in [0.2, 0.25) is 0 Å². The molecule has 3 nitrogen and oxygen atoms in total. The smallest absolute Gasteiger partial charge is 0.398 e. The lowest BCUT2D eigenvalue weighted by molar-refractivity contribution is -0.137. The molecule has 0 saturated heterocycles. The van der Waals surface area contributed by atoms with Crippen molar-refractivity contribution < 1.29 is 18.0 Å². The van der Waals surface area contributed by atoms with E-state index in [-0.39, 0.29) is 17.3 Å². The first-order valence-corrected chi connectivity index (χ1v) is 6.57. The molecule has 0 fully saturated rings. The fraction of sp³-hybridized carbons (Fsp3) is 0.500. The highest BCUT2D eigenvalue weighted by Gasteiger charge is 2.31. The molecule has 1 unspecified atom stereocenters. The third-order valence-corrected chi connectivity index (χ3v) is 3.09. The Kier molecular flexibility index (Phi) is 5.42. The number of nitrogens with two attached hydrogens (primary N) is 1. The van der Waals surface area contributed by atoms with Gasteiger partial charge in [0.25, 0.3) is 5.91 Å². The molecular weight excluding hydrogens is 269 g/mol. The fourth-order valence-electron chi connectivity index (χ4n) is 1.92. The van der Waals surface area contributed by atoms with Crippen molar-refractivity contribution in [2.24, 2.45) is 0 Å². The highest BCUT2D eigenvalue weighted by molar-refractivity contribution is 5.99. The Morgan fingerprint density at radius 2 is 2.00 bits per heavy atom. The number of alkyl halides is 3. The van der Waals surface area contributed by atoms with Crippen molar-refractivity contribution in [3.8, 4) is 0 Å². The zero-order valence-corrected chi connectivity index (χ0v) is 11.6. The lowest BCUT2D eigenvalue weighted by Gasteiger charge is -2.17. The second-order valence-electron chi connectivity index (χ2n) is 4.67. The van der Waals surface area contributed by atoms with E-state index in [0.29, 0.717) is 0 Å². The van der Waals surface area contributed by atoms with Gasteiger partial charge in [-0.25, -0.2) is 0 Å². The Hall–Kier alpha value is -1.72. The van der Waals surface area contributed by atoms with Crippen molar-refractivity contribution in [1.82, 2.24) is 5.32 Å². The molecule has 0 radical (unpaired) electrons. The first-order valence-electron chi connectivity index (χ1n) is 6.57. The molecule has 1 amide bonds. The molecule has 112 valence electrons. The summed E-state index contributed by atoms with van der Waals surface area (Å²) in [5.74, 6) is -0.561. The molecule has 1 rings (SSSR count). The number of rotatable bonds is 5. The van der Waals surface area contributed by atoms with Gasteiger partial charge in [0, 0.05) is 11.7 Å². The summed E-state index contributed by atoms with van der Waals surface area (Å²) in [4.78, 5) is 12.0. The largest absolute Gasteiger partial charge is 0.416 e. The number of anilines is 1. The van der Waals surface area contributed by atoms with Gasteiger partial charge in [0.15, 0.2) is 0 Å². The van der Waals surface area contributed by atoms with E-state index in [4.69, 9.17) is 5.73 Å². The van der Waals surface area contributed by atoms with Crippen molar-refractivity contribution >= 4 is 11.6 Å². The molecule has 0 aliphatic rings. The second-order valence-corrected chi connectivity index (χ2v) is 4.67. The first-order chi connectivity index (χ1) is 9.29. The Morgan fingerprint density at radius 3 is 2.50 bits per heavy atom. The molecule has 0 spiro atoms. The fourth-order valence-corrected chi connectivity index (χ4v) is 1.92. The minimum atomic E-state index is -4.49. The number of amides is 1. The highest BCUT2D eigenvalue weighted by Crippen LogP contribution is 2.31. The van der Waals surface area contributed by atoms with Gasteiger partial charge in [-0.05, 0) is 31.0 Å². The van der Waals surface area contributed by atoms with Gasteiger partial charge in [-0.2, -0.15) is 13.2 Å². The molecule has 20 heavy (non-hydrogen) atoms. The summed E-state index contributed by atoms with van der Waals surface area (Å²) < 4.78 is 37.9. The van der Waals surface area contributed by atoms with Crippen molar-refractivity contribution in [1.29, 1.82) is 0 Å². The molecule has 0 aliphatic carbocycles. The first kappa shape index (κ1) is 16.3. The van der Waals surface area contributed by atoms with Gasteiger partial charge in [0.1, 0.15) is 0 Å². The van der Waals surface area contributed by atoms with E-state index >= 15 is 0 Å². The molecule has 0 aliphatic heterocycles. The van der Waals surface area contributed by atoms with Crippen LogP contribution in [0.5, 0.6) is 0 Å². The number of nitrogens with one attached hydrogen (secondary N) is 1. The third-order valence-electron chi connectivity index (χ3n) is 3.09. The van der Waals surface area contributed by atoms with Crippen LogP contribution in [0.3, 0.4) is 0 Å². The molecular formula is C14H19F3N2O. The number of hydrogen-bond donors (Lipinski definition) is 2. The van der Waals surface area contributed by atoms with Crippen LogP contribution in [-0.2, 0) is 6.18 Å². The number of carbonyl (C=O) groups is 1. The lowest BCUT2D eigenvalue weighted by atomic mass is 10.1. The van der Waals surface area contributed by atoms with E-state index in [1.807, 2.05) is 13.8 Å². The zero-order chi connectivity index (χ0) is 15.3. The summed E-state index contributed by atoms with van der Waals surface area (Å²) in [6, 6.07) is 2.72. The quantitative estimate of drug-likeness (QED) is 0.813. The maximum Gasteiger partial charge on any atom is 0.416 e. The Balaban J connectivity index is 2.97. The van der Waals surface area contributed by atoms with Crippen LogP contribution in [0, 0.1) is 0 Å². The van der Waals surface area contributed by atoms with E-state index in [1.54, 1.807) is 0 Å². The number of halogens is 3. The van der Waals surface area contributed by atoms with Crippen LogP contribution < -0.4 is 11.1 Å². The van der Waals surface area contributed by atoms with Crippen LogP contribution in [0.4, 0.5) is 18.9 Å². The Morgan fingerprint density at radius 1 is 1.35 bits per heavy atom. The van der Waals surface area contributed by atoms with Gasteiger partial charge < -0.3 is 11.1 Å². The minimum absolute atomic E-state index is 0.0434. The van der Waals surface area contributed by atoms with Crippen molar-refractivity contribution in [2.45, 2.75) is 45.3 Å². The SMILES string of the molecule is CCCC(CC)NC(=O)c1cc(C(F)(F)F)ccc1N. The summed E-state index contributed by atoms with van der Waals surface area (Å²) in [7, 11) is 0. The van der Waals surface area contributed by atoms with E-state index in [2.05, 4.69) is 5.32 Å². The van der Waals surface area contributed by atoms with Gasteiger partial charge in [0.05, 0.1) is 11.1 Å². The van der Waals surface area contributed by atoms with Crippen LogP contribution in [0.15, 0.2) is 18.2 Å². The van der Waals surface area contributed by atoms with Crippen molar-refractivity contribution in [3.05, 3.63) is 29.3 Å². The van der Waals surface area contributed by atoms with Gasteiger partial charge in [-0.3, -0.25) is 4.79 Å². The van der Waals surface area contributed by atoms with E-state index in [1.165, 1.54) is 0 Å². The number of hydrogen-bond acceptors (Lipinski definition) is 2. The van der Waals surface area contributed by atoms with Gasteiger partial charge in [-0.1, -0.05) is 20.3 Å². The topological polar surface area (TPSA) is 55.1 Å². The van der Waals surface area contributed by atoms with Crippen LogP contribution >= 0.6 is 0 Å². The second kappa shape index (κ2) is 6.63. The molecule has 1 aromatic rings. The average Bonchev–Trinajstić information content (AvgIpc) is 2.37. The summed E-state index contributed by atoms with van der Waals surface area (Å²) in [6.45, 7) is 3.89. The molecule has 0 bridgehead atoms. The van der Waals surface area contributed by atoms with Gasteiger partial charge in [-0.15, -0.1) is 0 Å². The molecule has 1 atom stereocenters.